The van der Waals surface area contributed by atoms with Gasteiger partial charge in [-0.05, 0) is 12.5 Å². The van der Waals surface area contributed by atoms with E-state index in [0.29, 0.717) is 5.56 Å². The quantitative estimate of drug-likeness (QED) is 0.546. The highest BCUT2D eigenvalue weighted by atomic mass is 16.7. The molecule has 1 aliphatic heterocycles. The Morgan fingerprint density at radius 2 is 1.72 bits per heavy atom. The number of hydrogen-bond donors (Lipinski definition) is 0. The highest BCUT2D eigenvalue weighted by Gasteiger charge is 2.46. The van der Waals surface area contributed by atoms with Gasteiger partial charge in [-0.15, -0.1) is 0 Å². The van der Waals surface area contributed by atoms with E-state index in [2.05, 4.69) is 0 Å². The van der Waals surface area contributed by atoms with Crippen LogP contribution in [0.25, 0.3) is 0 Å². The predicted octanol–water partition coefficient (Wildman–Crippen LogP) is 1.58. The molecule has 1 aromatic rings. The molecule has 2 rings (SSSR count). The van der Waals surface area contributed by atoms with Crippen LogP contribution < -0.4 is 0 Å². The molecule has 1 aliphatic rings. The maximum absolute atomic E-state index is 12.4. The van der Waals surface area contributed by atoms with Crippen molar-refractivity contribution in [1.82, 2.24) is 0 Å². The zero-order valence-electron chi connectivity index (χ0n) is 14.3. The SMILES string of the molecule is CCOC1=C(C(c2ccccc2)C(C(=O)OC)C(=O)OC)C(=O)CO1. The second kappa shape index (κ2) is 8.32. The number of methoxy groups -OCH3 is 2. The molecule has 0 radical (unpaired) electrons. The van der Waals surface area contributed by atoms with Crippen molar-refractivity contribution in [1.29, 1.82) is 0 Å². The first kappa shape index (κ1) is 18.5. The van der Waals surface area contributed by atoms with Gasteiger partial charge in [0, 0.05) is 5.92 Å². The summed E-state index contributed by atoms with van der Waals surface area (Å²) in [7, 11) is 2.34. The van der Waals surface area contributed by atoms with Crippen LogP contribution in [0.2, 0.25) is 0 Å². The summed E-state index contributed by atoms with van der Waals surface area (Å²) >= 11 is 0. The normalized spacial score (nSPS) is 15.0. The highest BCUT2D eigenvalue weighted by molar-refractivity contribution is 6.04. The second-order valence-corrected chi connectivity index (χ2v) is 5.26. The van der Waals surface area contributed by atoms with Crippen LogP contribution in [0.15, 0.2) is 41.9 Å². The van der Waals surface area contributed by atoms with E-state index in [1.807, 2.05) is 0 Å². The third-order valence-corrected chi connectivity index (χ3v) is 3.84. The summed E-state index contributed by atoms with van der Waals surface area (Å²) in [6.07, 6.45) is 0. The Morgan fingerprint density at radius 3 is 2.24 bits per heavy atom. The number of carbonyl (C=O) groups excluding carboxylic acids is 3. The summed E-state index contributed by atoms with van der Waals surface area (Å²) in [5.41, 5.74) is 0.711. The Kier molecular flexibility index (Phi) is 6.16. The molecule has 0 N–H and O–H groups in total. The molecule has 0 saturated heterocycles. The second-order valence-electron chi connectivity index (χ2n) is 5.26. The largest absolute Gasteiger partial charge is 0.468 e. The van der Waals surface area contributed by atoms with E-state index in [0.717, 1.165) is 0 Å². The Morgan fingerprint density at radius 1 is 1.12 bits per heavy atom. The fourth-order valence-corrected chi connectivity index (χ4v) is 2.76. The fraction of sp³-hybridized carbons (Fsp3) is 0.389. The minimum absolute atomic E-state index is 0.0270. The minimum atomic E-state index is -1.35. The van der Waals surface area contributed by atoms with Crippen molar-refractivity contribution in [2.24, 2.45) is 5.92 Å². The maximum atomic E-state index is 12.4. The lowest BCUT2D eigenvalue weighted by Gasteiger charge is -2.24. The van der Waals surface area contributed by atoms with Crippen LogP contribution in [0.4, 0.5) is 0 Å². The zero-order valence-corrected chi connectivity index (χ0v) is 14.3. The average molecular weight is 348 g/mol. The average Bonchev–Trinajstić information content (AvgIpc) is 2.99. The molecule has 1 atom stereocenters. The number of hydrogen-bond acceptors (Lipinski definition) is 7. The van der Waals surface area contributed by atoms with E-state index in [9.17, 15) is 14.4 Å². The third kappa shape index (κ3) is 3.81. The van der Waals surface area contributed by atoms with Gasteiger partial charge in [-0.2, -0.15) is 0 Å². The van der Waals surface area contributed by atoms with Gasteiger partial charge >= 0.3 is 11.9 Å². The molecular weight excluding hydrogens is 328 g/mol. The molecule has 0 spiro atoms. The van der Waals surface area contributed by atoms with Gasteiger partial charge in [-0.1, -0.05) is 30.3 Å². The monoisotopic (exact) mass is 348 g/mol. The van der Waals surface area contributed by atoms with Crippen LogP contribution in [0.3, 0.4) is 0 Å². The van der Waals surface area contributed by atoms with Gasteiger partial charge in [0.05, 0.1) is 26.4 Å². The standard InChI is InChI=1S/C18H20O7/c1-4-24-18-14(12(19)10-25-18)13(11-8-6-5-7-9-11)15(16(20)22-2)17(21)23-3/h5-9,13,15H,4,10H2,1-3H3. The molecule has 0 amide bonds. The van der Waals surface area contributed by atoms with Crippen LogP contribution in [0, 0.1) is 5.92 Å². The van der Waals surface area contributed by atoms with Crippen molar-refractivity contribution in [3.8, 4) is 0 Å². The summed E-state index contributed by atoms with van der Waals surface area (Å²) in [6, 6.07) is 8.71. The first-order valence-corrected chi connectivity index (χ1v) is 7.78. The van der Waals surface area contributed by atoms with E-state index in [1.165, 1.54) is 14.2 Å². The van der Waals surface area contributed by atoms with Crippen molar-refractivity contribution in [3.63, 3.8) is 0 Å². The summed E-state index contributed by atoms with van der Waals surface area (Å²) < 4.78 is 20.2. The van der Waals surface area contributed by atoms with E-state index < -0.39 is 23.8 Å². The van der Waals surface area contributed by atoms with Gasteiger partial charge in [0.15, 0.2) is 12.5 Å². The summed E-state index contributed by atoms with van der Waals surface area (Å²) in [5, 5.41) is 0. The van der Waals surface area contributed by atoms with Crippen molar-refractivity contribution < 1.29 is 33.3 Å². The van der Waals surface area contributed by atoms with Crippen molar-refractivity contribution in [2.45, 2.75) is 12.8 Å². The number of carbonyl (C=O) groups is 3. The van der Waals surface area contributed by atoms with E-state index >= 15 is 0 Å². The Hall–Kier alpha value is -2.83. The van der Waals surface area contributed by atoms with Crippen LogP contribution >= 0.6 is 0 Å². The van der Waals surface area contributed by atoms with Gasteiger partial charge in [0.25, 0.3) is 5.95 Å². The smallest absolute Gasteiger partial charge is 0.321 e. The molecule has 1 aromatic carbocycles. The molecule has 25 heavy (non-hydrogen) atoms. The van der Waals surface area contributed by atoms with Gasteiger partial charge in [0.1, 0.15) is 0 Å². The molecular formula is C18H20O7. The lowest BCUT2D eigenvalue weighted by molar-refractivity contribution is -0.159. The number of ketones is 1. The van der Waals surface area contributed by atoms with E-state index in [-0.39, 0.29) is 30.5 Å². The molecule has 0 fully saturated rings. The lowest BCUT2D eigenvalue weighted by Crippen LogP contribution is -2.34. The number of benzene rings is 1. The fourth-order valence-electron chi connectivity index (χ4n) is 2.76. The minimum Gasteiger partial charge on any atom is -0.468 e. The van der Waals surface area contributed by atoms with Gasteiger partial charge < -0.3 is 18.9 Å². The van der Waals surface area contributed by atoms with Crippen LogP contribution in [0.5, 0.6) is 0 Å². The topological polar surface area (TPSA) is 88.1 Å². The molecule has 1 heterocycles. The first-order valence-electron chi connectivity index (χ1n) is 7.78. The molecule has 7 nitrogen and oxygen atoms in total. The summed E-state index contributed by atoms with van der Waals surface area (Å²) in [5.74, 6) is -4.21. The molecule has 134 valence electrons. The Bertz CT molecular complexity index is 662. The number of Topliss-reactive ketones (excluding diaryl/α,β-unsaturated/α-hetero) is 1. The summed E-state index contributed by atoms with van der Waals surface area (Å²) in [4.78, 5) is 37.1. The van der Waals surface area contributed by atoms with Crippen LogP contribution in [-0.4, -0.2) is 45.2 Å². The highest BCUT2D eigenvalue weighted by Crippen LogP contribution is 2.38. The first-order chi connectivity index (χ1) is 12.0. The number of rotatable bonds is 7. The predicted molar refractivity (Wildman–Crippen MR) is 86.3 cm³/mol. The molecule has 1 unspecified atom stereocenters. The number of esters is 2. The summed E-state index contributed by atoms with van der Waals surface area (Å²) in [6.45, 7) is 1.81. The zero-order chi connectivity index (χ0) is 18.4. The Balaban J connectivity index is 2.64. The van der Waals surface area contributed by atoms with Crippen molar-refractivity contribution in [2.75, 3.05) is 27.4 Å². The molecule has 0 saturated carbocycles. The van der Waals surface area contributed by atoms with E-state index in [4.69, 9.17) is 18.9 Å². The molecule has 0 bridgehead atoms. The van der Waals surface area contributed by atoms with Crippen LogP contribution in [0.1, 0.15) is 18.4 Å². The van der Waals surface area contributed by atoms with Crippen molar-refractivity contribution >= 4 is 17.7 Å². The van der Waals surface area contributed by atoms with E-state index in [1.54, 1.807) is 37.3 Å². The maximum Gasteiger partial charge on any atom is 0.321 e. The van der Waals surface area contributed by atoms with Crippen LogP contribution in [-0.2, 0) is 33.3 Å². The molecule has 0 aliphatic carbocycles. The third-order valence-electron chi connectivity index (χ3n) is 3.84. The molecule has 7 heteroatoms. The van der Waals surface area contributed by atoms with Crippen molar-refractivity contribution in [3.05, 3.63) is 47.4 Å². The Labute approximate surface area is 145 Å². The van der Waals surface area contributed by atoms with Gasteiger partial charge in [-0.25, -0.2) is 0 Å². The number of ether oxygens (including phenoxy) is 4. The lowest BCUT2D eigenvalue weighted by atomic mass is 9.79. The van der Waals surface area contributed by atoms with Gasteiger partial charge in [-0.3, -0.25) is 14.4 Å². The van der Waals surface area contributed by atoms with Gasteiger partial charge in [0.2, 0.25) is 5.78 Å². The molecule has 0 aromatic heterocycles.